The van der Waals surface area contributed by atoms with Gasteiger partial charge >= 0.3 is 0 Å². The Balaban J connectivity index is 1.79. The largest absolute Gasteiger partial charge is 0.508 e. The molecule has 0 aromatic heterocycles. The molecule has 2 atom stereocenters. The molecular formula is C22H16Br3FN2O. The minimum absolute atomic E-state index is 0.205. The summed E-state index contributed by atoms with van der Waals surface area (Å²) >= 11 is 10.3. The third-order valence-electron chi connectivity index (χ3n) is 4.72. The van der Waals surface area contributed by atoms with Gasteiger partial charge in [0.1, 0.15) is 17.7 Å². The number of phenols is 1. The van der Waals surface area contributed by atoms with Gasteiger partial charge in [0.05, 0.1) is 10.5 Å². The van der Waals surface area contributed by atoms with E-state index in [1.165, 1.54) is 6.07 Å². The lowest BCUT2D eigenvalue weighted by molar-refractivity contribution is 0.418. The molecule has 29 heavy (non-hydrogen) atoms. The van der Waals surface area contributed by atoms with Crippen molar-refractivity contribution in [3.8, 4) is 5.75 Å². The summed E-state index contributed by atoms with van der Waals surface area (Å²) in [6.45, 7) is 0. The number of phenolic OH excluding ortho intramolecular Hbond substituents is 1. The molecule has 2 unspecified atom stereocenters. The molecule has 3 N–H and O–H groups in total. The first-order chi connectivity index (χ1) is 13.9. The van der Waals surface area contributed by atoms with Crippen LogP contribution in [0.5, 0.6) is 5.75 Å². The highest BCUT2D eigenvalue weighted by Crippen LogP contribution is 2.35. The SMILES string of the molecule is Oc1ccc(Br)cc1C1C=C(c2cccc(Br)c2)NC(c2ccc(F)c(Br)c2)N1. The van der Waals surface area contributed by atoms with Gasteiger partial charge in [-0.2, -0.15) is 0 Å². The number of rotatable bonds is 3. The van der Waals surface area contributed by atoms with E-state index in [-0.39, 0.29) is 23.8 Å². The first kappa shape index (κ1) is 20.6. The Morgan fingerprint density at radius 3 is 2.45 bits per heavy atom. The fraction of sp³-hybridized carbons (Fsp3) is 0.0909. The summed E-state index contributed by atoms with van der Waals surface area (Å²) in [6, 6.07) is 18.0. The smallest absolute Gasteiger partial charge is 0.137 e. The van der Waals surface area contributed by atoms with Gasteiger partial charge in [0, 0.05) is 20.2 Å². The molecule has 0 radical (unpaired) electrons. The molecule has 0 saturated carbocycles. The Morgan fingerprint density at radius 1 is 0.897 bits per heavy atom. The minimum atomic E-state index is -0.312. The van der Waals surface area contributed by atoms with Gasteiger partial charge in [-0.3, -0.25) is 5.32 Å². The van der Waals surface area contributed by atoms with Crippen LogP contribution in [0.4, 0.5) is 4.39 Å². The van der Waals surface area contributed by atoms with Crippen LogP contribution in [0.1, 0.15) is 28.9 Å². The standard InChI is InChI=1S/C22H16Br3FN2O/c23-14-3-1-2-12(8-14)19-11-20(16-10-15(24)5-7-21(16)29)28-22(27-19)13-4-6-18(26)17(25)9-13/h1-11,20,22,27-29H. The summed E-state index contributed by atoms with van der Waals surface area (Å²) in [5.74, 6) is -0.107. The van der Waals surface area contributed by atoms with Gasteiger partial charge in [0.15, 0.2) is 0 Å². The van der Waals surface area contributed by atoms with Gasteiger partial charge in [-0.15, -0.1) is 0 Å². The second-order valence-corrected chi connectivity index (χ2v) is 9.37. The number of hydrogen-bond donors (Lipinski definition) is 3. The zero-order valence-corrected chi connectivity index (χ0v) is 19.7. The van der Waals surface area contributed by atoms with Gasteiger partial charge in [-0.05, 0) is 75.6 Å². The molecule has 0 amide bonds. The molecular weight excluding hydrogens is 567 g/mol. The molecule has 7 heteroatoms. The zero-order valence-electron chi connectivity index (χ0n) is 15.0. The third kappa shape index (κ3) is 4.58. The maximum absolute atomic E-state index is 13.7. The van der Waals surface area contributed by atoms with Crippen LogP contribution in [0.15, 0.2) is 80.2 Å². The molecule has 1 aliphatic heterocycles. The first-order valence-corrected chi connectivity index (χ1v) is 11.2. The van der Waals surface area contributed by atoms with Crippen molar-refractivity contribution in [2.24, 2.45) is 0 Å². The zero-order chi connectivity index (χ0) is 20.5. The molecule has 0 aliphatic carbocycles. The molecule has 1 aliphatic rings. The van der Waals surface area contributed by atoms with E-state index < -0.39 is 0 Å². The number of nitrogens with one attached hydrogen (secondary N) is 2. The lowest BCUT2D eigenvalue weighted by atomic mass is 9.98. The molecule has 0 bridgehead atoms. The second-order valence-electron chi connectivity index (χ2n) is 6.69. The van der Waals surface area contributed by atoms with E-state index in [1.54, 1.807) is 24.3 Å². The van der Waals surface area contributed by atoms with Crippen LogP contribution in [-0.2, 0) is 0 Å². The van der Waals surface area contributed by atoms with E-state index in [4.69, 9.17) is 0 Å². The highest BCUT2D eigenvalue weighted by atomic mass is 79.9. The van der Waals surface area contributed by atoms with E-state index in [9.17, 15) is 9.50 Å². The van der Waals surface area contributed by atoms with Crippen LogP contribution >= 0.6 is 47.8 Å². The van der Waals surface area contributed by atoms with E-state index in [2.05, 4.69) is 58.4 Å². The van der Waals surface area contributed by atoms with Crippen molar-refractivity contribution in [2.45, 2.75) is 12.2 Å². The first-order valence-electron chi connectivity index (χ1n) is 8.84. The van der Waals surface area contributed by atoms with Crippen molar-refractivity contribution < 1.29 is 9.50 Å². The van der Waals surface area contributed by atoms with Gasteiger partial charge in [0.25, 0.3) is 0 Å². The van der Waals surface area contributed by atoms with Crippen molar-refractivity contribution in [1.29, 1.82) is 0 Å². The van der Waals surface area contributed by atoms with E-state index in [0.717, 1.165) is 31.3 Å². The monoisotopic (exact) mass is 580 g/mol. The molecule has 148 valence electrons. The Morgan fingerprint density at radius 2 is 1.69 bits per heavy atom. The quantitative estimate of drug-likeness (QED) is 0.318. The number of benzene rings is 3. The van der Waals surface area contributed by atoms with Gasteiger partial charge < -0.3 is 10.4 Å². The maximum Gasteiger partial charge on any atom is 0.137 e. The van der Waals surface area contributed by atoms with Crippen LogP contribution < -0.4 is 10.6 Å². The van der Waals surface area contributed by atoms with Crippen LogP contribution in [0.25, 0.3) is 5.70 Å². The molecule has 1 heterocycles. The molecule has 0 spiro atoms. The topological polar surface area (TPSA) is 44.3 Å². The van der Waals surface area contributed by atoms with E-state index >= 15 is 0 Å². The number of aromatic hydroxyl groups is 1. The normalized spacial score (nSPS) is 18.8. The highest BCUT2D eigenvalue weighted by molar-refractivity contribution is 9.11. The molecule has 3 aromatic rings. The predicted octanol–water partition coefficient (Wildman–Crippen LogP) is 6.79. The summed E-state index contributed by atoms with van der Waals surface area (Å²) in [5, 5.41) is 17.4. The average Bonchev–Trinajstić information content (AvgIpc) is 2.71. The average molecular weight is 583 g/mol. The van der Waals surface area contributed by atoms with Crippen LogP contribution in [0, 0.1) is 5.82 Å². The summed E-state index contributed by atoms with van der Waals surface area (Å²) in [7, 11) is 0. The second kappa shape index (κ2) is 8.60. The lowest BCUT2D eigenvalue weighted by Crippen LogP contribution is -2.39. The van der Waals surface area contributed by atoms with Gasteiger partial charge in [0.2, 0.25) is 0 Å². The van der Waals surface area contributed by atoms with Crippen LogP contribution in [-0.4, -0.2) is 5.11 Å². The van der Waals surface area contributed by atoms with E-state index in [1.807, 2.05) is 36.4 Å². The fourth-order valence-electron chi connectivity index (χ4n) is 3.30. The van der Waals surface area contributed by atoms with Crippen LogP contribution in [0.2, 0.25) is 0 Å². The number of hydrogen-bond acceptors (Lipinski definition) is 3. The minimum Gasteiger partial charge on any atom is -0.508 e. The summed E-state index contributed by atoms with van der Waals surface area (Å²) < 4.78 is 16.0. The Hall–Kier alpha value is -1.67. The molecule has 0 saturated heterocycles. The van der Waals surface area contributed by atoms with Gasteiger partial charge in [-0.25, -0.2) is 4.39 Å². The van der Waals surface area contributed by atoms with E-state index in [0.29, 0.717) is 4.47 Å². The van der Waals surface area contributed by atoms with Crippen molar-refractivity contribution in [1.82, 2.24) is 10.6 Å². The third-order valence-corrected chi connectivity index (χ3v) is 6.31. The molecule has 3 nitrogen and oxygen atoms in total. The maximum atomic E-state index is 13.7. The summed E-state index contributed by atoms with van der Waals surface area (Å²) in [4.78, 5) is 0. The van der Waals surface area contributed by atoms with Crippen LogP contribution in [0.3, 0.4) is 0 Å². The molecule has 0 fully saturated rings. The predicted molar refractivity (Wildman–Crippen MR) is 124 cm³/mol. The summed E-state index contributed by atoms with van der Waals surface area (Å²) in [6.07, 6.45) is 1.76. The van der Waals surface area contributed by atoms with Crippen molar-refractivity contribution in [2.75, 3.05) is 0 Å². The Bertz CT molecular complexity index is 1100. The Labute approximate surface area is 193 Å². The lowest BCUT2D eigenvalue weighted by Gasteiger charge is -2.33. The highest BCUT2D eigenvalue weighted by Gasteiger charge is 2.26. The van der Waals surface area contributed by atoms with Crippen molar-refractivity contribution in [3.63, 3.8) is 0 Å². The molecule has 4 rings (SSSR count). The van der Waals surface area contributed by atoms with Crippen molar-refractivity contribution >= 4 is 53.5 Å². The fourth-order valence-corrected chi connectivity index (χ4v) is 4.48. The summed E-state index contributed by atoms with van der Waals surface area (Å²) in [5.41, 5.74) is 3.55. The number of halogens is 4. The van der Waals surface area contributed by atoms with Crippen molar-refractivity contribution in [3.05, 3.63) is 103 Å². The van der Waals surface area contributed by atoms with Gasteiger partial charge in [-0.1, -0.05) is 50.1 Å². The molecule has 3 aromatic carbocycles. The Kier molecular flexibility index (Phi) is 6.11.